The van der Waals surface area contributed by atoms with Crippen molar-refractivity contribution in [1.29, 1.82) is 0 Å². The highest BCUT2D eigenvalue weighted by molar-refractivity contribution is 5.75. The molecule has 0 bridgehead atoms. The lowest BCUT2D eigenvalue weighted by atomic mass is 9.94. The Hall–Kier alpha value is -2.29. The molecule has 122 valence electrons. The van der Waals surface area contributed by atoms with E-state index in [1.807, 2.05) is 42.5 Å². The number of carboxylic acid groups (broad SMARTS) is 1. The van der Waals surface area contributed by atoms with Crippen LogP contribution in [-0.4, -0.2) is 17.7 Å². The molecule has 0 fully saturated rings. The molecule has 0 spiro atoms. The molecular formula is C20H24O3. The first-order chi connectivity index (χ1) is 11.1. The van der Waals surface area contributed by atoms with Crippen LogP contribution in [0.15, 0.2) is 54.6 Å². The van der Waals surface area contributed by atoms with Crippen LogP contribution in [0.4, 0.5) is 0 Å². The van der Waals surface area contributed by atoms with Crippen LogP contribution in [0.25, 0.3) is 0 Å². The molecule has 1 N–H and O–H groups in total. The number of aliphatic carboxylic acids is 1. The zero-order chi connectivity index (χ0) is 16.7. The van der Waals surface area contributed by atoms with Gasteiger partial charge in [-0.15, -0.1) is 0 Å². The molecule has 0 aromatic heterocycles. The largest absolute Gasteiger partial charge is 0.494 e. The van der Waals surface area contributed by atoms with Gasteiger partial charge in [-0.25, -0.2) is 0 Å². The third kappa shape index (κ3) is 5.13. The molecule has 2 aromatic carbocycles. The summed E-state index contributed by atoms with van der Waals surface area (Å²) in [7, 11) is 0. The summed E-state index contributed by atoms with van der Waals surface area (Å²) in [4.78, 5) is 11.4. The number of benzene rings is 2. The van der Waals surface area contributed by atoms with Crippen molar-refractivity contribution in [3.8, 4) is 5.75 Å². The minimum atomic E-state index is -0.780. The fraction of sp³-hybridized carbons (Fsp3) is 0.350. The summed E-state index contributed by atoms with van der Waals surface area (Å²) in [6, 6.07) is 17.5. The highest BCUT2D eigenvalue weighted by Gasteiger charge is 2.18. The van der Waals surface area contributed by atoms with E-state index in [0.29, 0.717) is 25.4 Å². The lowest BCUT2D eigenvalue weighted by Crippen LogP contribution is -2.13. The molecular weight excluding hydrogens is 288 g/mol. The van der Waals surface area contributed by atoms with Gasteiger partial charge in [0, 0.05) is 0 Å². The van der Waals surface area contributed by atoms with Crippen molar-refractivity contribution < 1.29 is 14.6 Å². The van der Waals surface area contributed by atoms with Crippen molar-refractivity contribution in [1.82, 2.24) is 0 Å². The van der Waals surface area contributed by atoms with Gasteiger partial charge in [0.2, 0.25) is 0 Å². The Morgan fingerprint density at radius 3 is 2.39 bits per heavy atom. The lowest BCUT2D eigenvalue weighted by molar-refractivity contribution is -0.139. The van der Waals surface area contributed by atoms with Gasteiger partial charge in [0.15, 0.2) is 0 Å². The number of hydrogen-bond donors (Lipinski definition) is 1. The summed E-state index contributed by atoms with van der Waals surface area (Å²) in [5.41, 5.74) is 2.09. The monoisotopic (exact) mass is 312 g/mol. The smallest absolute Gasteiger partial charge is 0.310 e. The molecule has 0 aliphatic heterocycles. The minimum absolute atomic E-state index is 0.466. The SMILES string of the molecule is CC(C)c1cccc(OCCCC(C(=O)O)c2ccccc2)c1. The van der Waals surface area contributed by atoms with Crippen molar-refractivity contribution in [3.63, 3.8) is 0 Å². The van der Waals surface area contributed by atoms with E-state index < -0.39 is 11.9 Å². The number of carbonyl (C=O) groups is 1. The molecule has 0 aliphatic carbocycles. The highest BCUT2D eigenvalue weighted by Crippen LogP contribution is 2.23. The first kappa shape index (κ1) is 17.1. The molecule has 2 rings (SSSR count). The highest BCUT2D eigenvalue weighted by atomic mass is 16.5. The summed E-state index contributed by atoms with van der Waals surface area (Å²) >= 11 is 0. The van der Waals surface area contributed by atoms with Crippen LogP contribution in [0.1, 0.15) is 49.7 Å². The van der Waals surface area contributed by atoms with E-state index in [2.05, 4.69) is 26.0 Å². The van der Waals surface area contributed by atoms with Crippen molar-refractivity contribution in [2.45, 2.75) is 38.5 Å². The minimum Gasteiger partial charge on any atom is -0.494 e. The van der Waals surface area contributed by atoms with E-state index in [1.165, 1.54) is 5.56 Å². The van der Waals surface area contributed by atoms with Crippen LogP contribution in [0.5, 0.6) is 5.75 Å². The Morgan fingerprint density at radius 2 is 1.74 bits per heavy atom. The molecule has 0 aliphatic rings. The fourth-order valence-corrected chi connectivity index (χ4v) is 2.56. The molecule has 0 radical (unpaired) electrons. The maximum Gasteiger partial charge on any atom is 0.310 e. The van der Waals surface area contributed by atoms with Gasteiger partial charge in [-0.3, -0.25) is 4.79 Å². The predicted octanol–water partition coefficient (Wildman–Crippen LogP) is 4.84. The second-order valence-electron chi connectivity index (χ2n) is 6.02. The summed E-state index contributed by atoms with van der Waals surface area (Å²) in [5, 5.41) is 9.40. The average Bonchev–Trinajstić information content (AvgIpc) is 2.55. The fourth-order valence-electron chi connectivity index (χ4n) is 2.56. The molecule has 0 heterocycles. The standard InChI is InChI=1S/C20H24O3/c1-15(2)17-10-6-11-18(14-17)23-13-7-12-19(20(21)22)16-8-4-3-5-9-16/h3-6,8-11,14-15,19H,7,12-13H2,1-2H3,(H,21,22). The van der Waals surface area contributed by atoms with Crippen molar-refractivity contribution >= 4 is 5.97 Å². The van der Waals surface area contributed by atoms with Gasteiger partial charge in [0.05, 0.1) is 12.5 Å². The molecule has 1 unspecified atom stereocenters. The molecule has 3 heteroatoms. The first-order valence-electron chi connectivity index (χ1n) is 8.08. The maximum atomic E-state index is 11.4. The van der Waals surface area contributed by atoms with E-state index >= 15 is 0 Å². The zero-order valence-corrected chi connectivity index (χ0v) is 13.7. The maximum absolute atomic E-state index is 11.4. The Morgan fingerprint density at radius 1 is 1.04 bits per heavy atom. The zero-order valence-electron chi connectivity index (χ0n) is 13.7. The van der Waals surface area contributed by atoms with E-state index in [4.69, 9.17) is 4.74 Å². The molecule has 0 saturated carbocycles. The Balaban J connectivity index is 1.86. The van der Waals surface area contributed by atoms with E-state index in [0.717, 1.165) is 11.3 Å². The third-order valence-corrected chi connectivity index (χ3v) is 3.93. The molecule has 2 aromatic rings. The van der Waals surface area contributed by atoms with Gasteiger partial charge in [-0.2, -0.15) is 0 Å². The molecule has 0 saturated heterocycles. The molecule has 1 atom stereocenters. The Labute approximate surface area is 137 Å². The Kier molecular flexibility index (Phi) is 6.21. The topological polar surface area (TPSA) is 46.5 Å². The van der Waals surface area contributed by atoms with Crippen LogP contribution in [0.2, 0.25) is 0 Å². The van der Waals surface area contributed by atoms with E-state index in [9.17, 15) is 9.90 Å². The van der Waals surface area contributed by atoms with Crippen molar-refractivity contribution in [2.24, 2.45) is 0 Å². The van der Waals surface area contributed by atoms with E-state index in [-0.39, 0.29) is 0 Å². The predicted molar refractivity (Wildman–Crippen MR) is 92.1 cm³/mol. The summed E-state index contributed by atoms with van der Waals surface area (Å²) in [5.74, 6) is 0.0654. The first-order valence-corrected chi connectivity index (χ1v) is 8.08. The number of ether oxygens (including phenoxy) is 1. The van der Waals surface area contributed by atoms with Gasteiger partial charge < -0.3 is 9.84 Å². The third-order valence-electron chi connectivity index (χ3n) is 3.93. The van der Waals surface area contributed by atoms with Crippen LogP contribution in [0.3, 0.4) is 0 Å². The second kappa shape index (κ2) is 8.37. The summed E-state index contributed by atoms with van der Waals surface area (Å²) in [6.45, 7) is 4.82. The number of carboxylic acids is 1. The normalized spacial score (nSPS) is 12.1. The summed E-state index contributed by atoms with van der Waals surface area (Å²) < 4.78 is 5.77. The van der Waals surface area contributed by atoms with Gasteiger partial charge in [-0.05, 0) is 42.0 Å². The van der Waals surface area contributed by atoms with Gasteiger partial charge in [-0.1, -0.05) is 56.3 Å². The molecule has 3 nitrogen and oxygen atoms in total. The number of hydrogen-bond acceptors (Lipinski definition) is 2. The van der Waals surface area contributed by atoms with Crippen molar-refractivity contribution in [3.05, 3.63) is 65.7 Å². The van der Waals surface area contributed by atoms with Crippen molar-refractivity contribution in [2.75, 3.05) is 6.61 Å². The van der Waals surface area contributed by atoms with Crippen LogP contribution >= 0.6 is 0 Å². The van der Waals surface area contributed by atoms with Crippen LogP contribution < -0.4 is 4.74 Å². The van der Waals surface area contributed by atoms with E-state index in [1.54, 1.807) is 0 Å². The lowest BCUT2D eigenvalue weighted by Gasteiger charge is -2.13. The van der Waals surface area contributed by atoms with Gasteiger partial charge in [0.25, 0.3) is 0 Å². The quantitative estimate of drug-likeness (QED) is 0.710. The molecule has 0 amide bonds. The van der Waals surface area contributed by atoms with Crippen LogP contribution in [-0.2, 0) is 4.79 Å². The van der Waals surface area contributed by atoms with Gasteiger partial charge >= 0.3 is 5.97 Å². The average molecular weight is 312 g/mol. The second-order valence-corrected chi connectivity index (χ2v) is 6.02. The van der Waals surface area contributed by atoms with Gasteiger partial charge in [0.1, 0.15) is 5.75 Å². The molecule has 23 heavy (non-hydrogen) atoms. The van der Waals surface area contributed by atoms with Crippen LogP contribution in [0, 0.1) is 0 Å². The Bertz CT molecular complexity index is 620. The number of rotatable bonds is 8. The summed E-state index contributed by atoms with van der Waals surface area (Å²) in [6.07, 6.45) is 1.28.